The molecule has 1 saturated heterocycles. The lowest BCUT2D eigenvalue weighted by Gasteiger charge is -2.35. The van der Waals surface area contributed by atoms with Crippen LogP contribution in [0.4, 0.5) is 4.79 Å². The molecule has 12 heteroatoms. The lowest BCUT2D eigenvalue weighted by Crippen LogP contribution is -2.57. The fourth-order valence-corrected chi connectivity index (χ4v) is 6.31. The predicted octanol–water partition coefficient (Wildman–Crippen LogP) is 4.80. The van der Waals surface area contributed by atoms with Crippen LogP contribution in [0.25, 0.3) is 0 Å². The maximum atomic E-state index is 14.3. The largest absolute Gasteiger partial charge is 0.415 e. The average molecular weight is 672 g/mol. The van der Waals surface area contributed by atoms with Crippen molar-refractivity contribution in [1.29, 1.82) is 0 Å². The number of hydrogen-bond acceptors (Lipinski definition) is 6. The fraction of sp³-hybridized carbons (Fsp3) is 0.500. The van der Waals surface area contributed by atoms with Gasteiger partial charge in [0, 0.05) is 40.5 Å². The van der Waals surface area contributed by atoms with E-state index in [2.05, 4.69) is 16.0 Å². The Kier molecular flexibility index (Phi) is 10.6. The molecule has 0 aromatic heterocycles. The molecule has 0 bridgehead atoms. The number of nitrogens with one attached hydrogen (secondary N) is 3. The van der Waals surface area contributed by atoms with Crippen molar-refractivity contribution in [2.24, 2.45) is 11.8 Å². The first kappa shape index (κ1) is 33.7. The second kappa shape index (κ2) is 14.4. The minimum absolute atomic E-state index is 0.0255. The molecule has 1 aliphatic heterocycles. The molecule has 46 heavy (non-hydrogen) atoms. The van der Waals surface area contributed by atoms with Crippen molar-refractivity contribution in [2.45, 2.75) is 82.3 Å². The first-order chi connectivity index (χ1) is 21.9. The average Bonchev–Trinajstić information content (AvgIpc) is 3.94. The molecule has 2 saturated carbocycles. The van der Waals surface area contributed by atoms with Crippen molar-refractivity contribution in [1.82, 2.24) is 20.9 Å². The highest BCUT2D eigenvalue weighted by Crippen LogP contribution is 2.49. The molecule has 10 nitrogen and oxygen atoms in total. The van der Waals surface area contributed by atoms with Crippen LogP contribution in [0.1, 0.15) is 64.4 Å². The summed E-state index contributed by atoms with van der Waals surface area (Å²) in [7, 11) is 0. The van der Waals surface area contributed by atoms with Gasteiger partial charge >= 0.3 is 6.09 Å². The number of carbonyl (C=O) groups is 5. The van der Waals surface area contributed by atoms with Crippen LogP contribution >= 0.6 is 23.2 Å². The summed E-state index contributed by atoms with van der Waals surface area (Å²) in [5, 5.41) is 9.18. The van der Waals surface area contributed by atoms with E-state index in [1.807, 2.05) is 32.0 Å². The van der Waals surface area contributed by atoms with Gasteiger partial charge in [0.1, 0.15) is 11.8 Å². The van der Waals surface area contributed by atoms with Gasteiger partial charge < -0.3 is 20.7 Å². The van der Waals surface area contributed by atoms with Crippen LogP contribution in [0.3, 0.4) is 0 Å². The van der Waals surface area contributed by atoms with Gasteiger partial charge in [-0.05, 0) is 86.8 Å². The van der Waals surface area contributed by atoms with E-state index < -0.39 is 47.1 Å². The van der Waals surface area contributed by atoms with Crippen molar-refractivity contribution < 1.29 is 28.7 Å². The van der Waals surface area contributed by atoms with Gasteiger partial charge in [-0.1, -0.05) is 55.2 Å². The third-order valence-electron chi connectivity index (χ3n) is 8.83. The third-order valence-corrected chi connectivity index (χ3v) is 9.30. The Bertz CT molecular complexity index is 1490. The van der Waals surface area contributed by atoms with E-state index in [-0.39, 0.29) is 43.0 Å². The zero-order valence-electron chi connectivity index (χ0n) is 26.0. The SMILES string of the molecule is CC(C)C[C@@H](C(=O)N[C@@H](C[C@@H]1CCNC1=O)C(=O)C(=O)NC1CC1)N(CC1(c2cccc(Cl)c2)CC1)C(=O)Oc1cccc(Cl)c1. The minimum Gasteiger partial charge on any atom is -0.410 e. The van der Waals surface area contributed by atoms with Gasteiger partial charge in [0.05, 0.1) is 6.04 Å². The molecule has 3 fully saturated rings. The van der Waals surface area contributed by atoms with Crippen molar-refractivity contribution >= 4 is 52.8 Å². The Labute approximate surface area is 278 Å². The Balaban J connectivity index is 1.45. The summed E-state index contributed by atoms with van der Waals surface area (Å²) < 4.78 is 5.78. The van der Waals surface area contributed by atoms with Gasteiger partial charge in [-0.15, -0.1) is 0 Å². The summed E-state index contributed by atoms with van der Waals surface area (Å²) in [4.78, 5) is 68.4. The third kappa shape index (κ3) is 8.59. The molecule has 0 unspecified atom stereocenters. The number of hydrogen-bond donors (Lipinski definition) is 3. The van der Waals surface area contributed by atoms with E-state index in [9.17, 15) is 24.0 Å². The van der Waals surface area contributed by atoms with E-state index in [0.29, 0.717) is 23.0 Å². The number of halogens is 2. The van der Waals surface area contributed by atoms with Gasteiger partial charge in [-0.3, -0.25) is 24.1 Å². The van der Waals surface area contributed by atoms with Crippen LogP contribution in [-0.4, -0.2) is 65.7 Å². The molecule has 2 aromatic rings. The normalized spacial score (nSPS) is 19.5. The number of nitrogens with zero attached hydrogens (tertiary/aromatic N) is 1. The molecule has 1 heterocycles. The van der Waals surface area contributed by atoms with Gasteiger partial charge in [0.25, 0.3) is 5.91 Å². The highest BCUT2D eigenvalue weighted by atomic mass is 35.5. The number of ketones is 1. The molecule has 4 amide bonds. The summed E-state index contributed by atoms with van der Waals surface area (Å²) >= 11 is 12.5. The molecule has 0 radical (unpaired) electrons. The number of rotatable bonds is 14. The van der Waals surface area contributed by atoms with Gasteiger partial charge in [-0.2, -0.15) is 0 Å². The summed E-state index contributed by atoms with van der Waals surface area (Å²) in [6.07, 6.45) is 3.07. The first-order valence-corrected chi connectivity index (χ1v) is 16.6. The molecule has 5 rings (SSSR count). The molecule has 246 valence electrons. The van der Waals surface area contributed by atoms with E-state index >= 15 is 0 Å². The topological polar surface area (TPSA) is 134 Å². The number of amides is 4. The summed E-state index contributed by atoms with van der Waals surface area (Å²) in [5.41, 5.74) is 0.496. The standard InChI is InChI=1S/C34H40Cl2N4O6/c1-20(2)15-28(31(43)39-27(16-21-11-14-37-30(21)42)29(41)32(44)38-25-9-10-25)40(33(45)46-26-8-4-7-24(36)18-26)19-34(12-13-34)22-5-3-6-23(35)17-22/h3-8,17-18,20-21,25,27-28H,9-16,19H2,1-2H3,(H,37,42)(H,38,44)(H,39,43)/t21-,27-,28-/m0/s1. The van der Waals surface area contributed by atoms with Crippen LogP contribution in [0, 0.1) is 11.8 Å². The first-order valence-electron chi connectivity index (χ1n) is 15.9. The molecule has 3 atom stereocenters. The van der Waals surface area contributed by atoms with Crippen LogP contribution in [0.15, 0.2) is 48.5 Å². The summed E-state index contributed by atoms with van der Waals surface area (Å²) in [6, 6.07) is 11.5. The monoisotopic (exact) mass is 670 g/mol. The Morgan fingerprint density at radius 1 is 1.02 bits per heavy atom. The van der Waals surface area contributed by atoms with Crippen LogP contribution < -0.4 is 20.7 Å². The zero-order chi connectivity index (χ0) is 33.0. The van der Waals surface area contributed by atoms with Crippen LogP contribution in [-0.2, 0) is 24.6 Å². The second-order valence-corrected chi connectivity index (χ2v) is 13.9. The van der Waals surface area contributed by atoms with E-state index in [1.165, 1.54) is 11.0 Å². The van der Waals surface area contributed by atoms with Crippen LogP contribution in [0.2, 0.25) is 10.0 Å². The van der Waals surface area contributed by atoms with Gasteiger partial charge in [0.2, 0.25) is 17.6 Å². The number of benzene rings is 2. The summed E-state index contributed by atoms with van der Waals surface area (Å²) in [6.45, 7) is 4.47. The Hall–Kier alpha value is -3.63. The molecule has 0 spiro atoms. The lowest BCUT2D eigenvalue weighted by atomic mass is 9.92. The molecule has 2 aliphatic carbocycles. The second-order valence-electron chi connectivity index (χ2n) is 13.1. The quantitative estimate of drug-likeness (QED) is 0.247. The molecule has 3 aliphatic rings. The smallest absolute Gasteiger partial charge is 0.410 e. The molecule has 3 N–H and O–H groups in total. The highest BCUT2D eigenvalue weighted by Gasteiger charge is 2.49. The van der Waals surface area contributed by atoms with E-state index in [4.69, 9.17) is 27.9 Å². The van der Waals surface area contributed by atoms with Gasteiger partial charge in [-0.25, -0.2) is 4.79 Å². The highest BCUT2D eigenvalue weighted by molar-refractivity contribution is 6.38. The van der Waals surface area contributed by atoms with Crippen molar-refractivity contribution in [3.05, 3.63) is 64.1 Å². The summed E-state index contributed by atoms with van der Waals surface area (Å²) in [5.74, 6) is -2.78. The van der Waals surface area contributed by atoms with E-state index in [0.717, 1.165) is 31.2 Å². The number of Topliss-reactive ketones (excluding diaryl/α,β-unsaturated/α-hetero) is 1. The van der Waals surface area contributed by atoms with Crippen LogP contribution in [0.5, 0.6) is 5.75 Å². The molecule has 2 aromatic carbocycles. The number of ether oxygens (including phenoxy) is 1. The van der Waals surface area contributed by atoms with Gasteiger partial charge in [0.15, 0.2) is 0 Å². The molecular weight excluding hydrogens is 631 g/mol. The van der Waals surface area contributed by atoms with Crippen molar-refractivity contribution in [2.75, 3.05) is 13.1 Å². The zero-order valence-corrected chi connectivity index (χ0v) is 27.5. The predicted molar refractivity (Wildman–Crippen MR) is 174 cm³/mol. The van der Waals surface area contributed by atoms with Crippen molar-refractivity contribution in [3.8, 4) is 5.75 Å². The van der Waals surface area contributed by atoms with Crippen molar-refractivity contribution in [3.63, 3.8) is 0 Å². The maximum Gasteiger partial charge on any atom is 0.415 e. The van der Waals surface area contributed by atoms with E-state index in [1.54, 1.807) is 24.3 Å². The molecular formula is C34H40Cl2N4O6. The maximum absolute atomic E-state index is 14.3. The Morgan fingerprint density at radius 2 is 1.72 bits per heavy atom. The lowest BCUT2D eigenvalue weighted by molar-refractivity contribution is -0.141. The Morgan fingerprint density at radius 3 is 2.30 bits per heavy atom. The fourth-order valence-electron chi connectivity index (χ4n) is 5.94. The number of carbonyl (C=O) groups excluding carboxylic acids is 5. The minimum atomic E-state index is -1.25.